The molecule has 0 aromatic heterocycles. The molecule has 112 valence electrons. The van der Waals surface area contributed by atoms with Gasteiger partial charge in [0.1, 0.15) is 0 Å². The fraction of sp³-hybridized carbons (Fsp3) is 0.889. The summed E-state index contributed by atoms with van der Waals surface area (Å²) in [7, 11) is 0. The maximum absolute atomic E-state index is 10.4. The maximum atomic E-state index is 10.4. The second-order valence-electron chi connectivity index (χ2n) is 8.10. The average molecular weight is 276 g/mol. The lowest BCUT2D eigenvalue weighted by atomic mass is 9.52. The molecule has 0 heterocycles. The van der Waals surface area contributed by atoms with Gasteiger partial charge in [0.15, 0.2) is 0 Å². The lowest BCUT2D eigenvalue weighted by Crippen LogP contribution is -2.47. The number of hydrogen-bond acceptors (Lipinski definition) is 2. The van der Waals surface area contributed by atoms with Crippen molar-refractivity contribution in [2.24, 2.45) is 29.1 Å². The molecule has 4 aliphatic rings. The van der Waals surface area contributed by atoms with Crippen LogP contribution in [0.4, 0.5) is 0 Å². The van der Waals surface area contributed by atoms with Gasteiger partial charge in [0.2, 0.25) is 0 Å². The highest BCUT2D eigenvalue weighted by atomic mass is 16.3. The molecule has 2 N–H and O–H groups in total. The van der Waals surface area contributed by atoms with E-state index in [-0.39, 0.29) is 17.6 Å². The van der Waals surface area contributed by atoms with Crippen LogP contribution in [0, 0.1) is 29.1 Å². The normalized spacial score (nSPS) is 54.6. The van der Waals surface area contributed by atoms with Gasteiger partial charge in [0.05, 0.1) is 12.2 Å². The quantitative estimate of drug-likeness (QED) is 0.667. The molecule has 0 amide bonds. The molecule has 2 heteroatoms. The topological polar surface area (TPSA) is 40.5 Å². The number of fused-ring (bicyclic) bond motifs is 5. The second kappa shape index (κ2) is 4.58. The molecule has 0 saturated heterocycles. The molecule has 0 aromatic carbocycles. The van der Waals surface area contributed by atoms with Crippen LogP contribution >= 0.6 is 0 Å². The van der Waals surface area contributed by atoms with E-state index in [4.69, 9.17) is 0 Å². The number of hydrogen-bond donors (Lipinski definition) is 2. The van der Waals surface area contributed by atoms with Gasteiger partial charge >= 0.3 is 0 Å². The van der Waals surface area contributed by atoms with Gasteiger partial charge in [0.25, 0.3) is 0 Å². The lowest BCUT2D eigenvalue weighted by Gasteiger charge is -2.53. The Kier molecular flexibility index (Phi) is 3.05. The zero-order valence-electron chi connectivity index (χ0n) is 12.6. The zero-order valence-corrected chi connectivity index (χ0v) is 12.6. The average Bonchev–Trinajstić information content (AvgIpc) is 2.74. The maximum Gasteiger partial charge on any atom is 0.0723 e. The molecule has 20 heavy (non-hydrogen) atoms. The van der Waals surface area contributed by atoms with Crippen LogP contribution in [0.5, 0.6) is 0 Å². The fourth-order valence-electron chi connectivity index (χ4n) is 6.28. The van der Waals surface area contributed by atoms with Crippen molar-refractivity contribution in [1.29, 1.82) is 0 Å². The Morgan fingerprint density at radius 2 is 1.85 bits per heavy atom. The molecule has 0 radical (unpaired) electrons. The van der Waals surface area contributed by atoms with Crippen LogP contribution in [0.25, 0.3) is 0 Å². The standard InChI is InChI=1S/C18H28O2/c1-18-9-8-14-13-5-3-12(19)10-11(13)2-4-15(14)16(18)6-7-17(18)20/h10,12-17,19-20H,2-9H2,1H3/t12-,13?,14?,15?,16?,17+,18+/m1/s1. The highest BCUT2D eigenvalue weighted by Gasteiger charge is 2.55. The number of allylic oxidation sites excluding steroid dienone is 1. The molecule has 4 unspecified atom stereocenters. The molecule has 0 bridgehead atoms. The Hall–Kier alpha value is -0.340. The van der Waals surface area contributed by atoms with E-state index in [1.165, 1.54) is 38.5 Å². The molecule has 4 rings (SSSR count). The first kappa shape index (κ1) is 13.3. The summed E-state index contributed by atoms with van der Waals surface area (Å²) in [4.78, 5) is 0. The van der Waals surface area contributed by atoms with Gasteiger partial charge < -0.3 is 10.2 Å². The van der Waals surface area contributed by atoms with Crippen molar-refractivity contribution in [2.75, 3.05) is 0 Å². The number of rotatable bonds is 0. The van der Waals surface area contributed by atoms with Gasteiger partial charge in [-0.15, -0.1) is 0 Å². The van der Waals surface area contributed by atoms with E-state index in [0.29, 0.717) is 0 Å². The van der Waals surface area contributed by atoms with E-state index in [0.717, 1.165) is 36.5 Å². The third kappa shape index (κ3) is 1.77. The molecular formula is C18H28O2. The van der Waals surface area contributed by atoms with Gasteiger partial charge in [0, 0.05) is 0 Å². The van der Waals surface area contributed by atoms with Gasteiger partial charge in [-0.1, -0.05) is 18.6 Å². The van der Waals surface area contributed by atoms with E-state index in [2.05, 4.69) is 13.0 Å². The van der Waals surface area contributed by atoms with Crippen LogP contribution in [0.3, 0.4) is 0 Å². The summed E-state index contributed by atoms with van der Waals surface area (Å²) in [6.07, 6.45) is 11.4. The summed E-state index contributed by atoms with van der Waals surface area (Å²) >= 11 is 0. The van der Waals surface area contributed by atoms with Crippen LogP contribution in [0.2, 0.25) is 0 Å². The van der Waals surface area contributed by atoms with Gasteiger partial charge in [-0.05, 0) is 80.5 Å². The number of aliphatic hydroxyl groups excluding tert-OH is 2. The summed E-state index contributed by atoms with van der Waals surface area (Å²) in [5.41, 5.74) is 1.77. The third-order valence-corrected chi connectivity index (χ3v) is 7.38. The minimum Gasteiger partial charge on any atom is -0.393 e. The lowest BCUT2D eigenvalue weighted by molar-refractivity contribution is -0.0548. The smallest absolute Gasteiger partial charge is 0.0723 e. The first-order valence-electron chi connectivity index (χ1n) is 8.66. The Bertz CT molecular complexity index is 429. The summed E-state index contributed by atoms with van der Waals surface area (Å²) in [6.45, 7) is 2.35. The first-order chi connectivity index (χ1) is 9.59. The SMILES string of the molecule is C[C@]12CCC3C4CC[C@@H](O)C=C4CCC3C1CC[C@@H]2O. The van der Waals surface area contributed by atoms with Crippen LogP contribution in [-0.2, 0) is 0 Å². The second-order valence-corrected chi connectivity index (χ2v) is 8.10. The van der Waals surface area contributed by atoms with Crippen molar-refractivity contribution in [3.8, 4) is 0 Å². The van der Waals surface area contributed by atoms with Gasteiger partial charge in [-0.3, -0.25) is 0 Å². The van der Waals surface area contributed by atoms with Crippen molar-refractivity contribution in [3.05, 3.63) is 11.6 Å². The van der Waals surface area contributed by atoms with Gasteiger partial charge in [-0.2, -0.15) is 0 Å². The molecule has 0 aliphatic heterocycles. The minimum atomic E-state index is -0.181. The summed E-state index contributed by atoms with van der Waals surface area (Å²) in [5, 5.41) is 20.3. The Morgan fingerprint density at radius 1 is 1.00 bits per heavy atom. The minimum absolute atomic E-state index is 0.0569. The largest absolute Gasteiger partial charge is 0.393 e. The predicted octanol–water partition coefficient (Wildman–Crippen LogP) is 3.28. The summed E-state index contributed by atoms with van der Waals surface area (Å²) in [5.74, 6) is 3.18. The summed E-state index contributed by atoms with van der Waals surface area (Å²) in [6, 6.07) is 0. The van der Waals surface area contributed by atoms with Crippen LogP contribution in [-0.4, -0.2) is 22.4 Å². The fourth-order valence-corrected chi connectivity index (χ4v) is 6.28. The zero-order chi connectivity index (χ0) is 13.9. The van der Waals surface area contributed by atoms with E-state index in [1.807, 2.05) is 0 Å². The van der Waals surface area contributed by atoms with Gasteiger partial charge in [-0.25, -0.2) is 0 Å². The predicted molar refractivity (Wildman–Crippen MR) is 79.1 cm³/mol. The van der Waals surface area contributed by atoms with E-state index in [9.17, 15) is 10.2 Å². The first-order valence-corrected chi connectivity index (χ1v) is 8.66. The molecular weight excluding hydrogens is 248 g/mol. The van der Waals surface area contributed by atoms with Crippen LogP contribution in [0.15, 0.2) is 11.6 Å². The van der Waals surface area contributed by atoms with Crippen molar-refractivity contribution in [1.82, 2.24) is 0 Å². The van der Waals surface area contributed by atoms with Crippen LogP contribution in [0.1, 0.15) is 58.3 Å². The molecule has 4 aliphatic carbocycles. The third-order valence-electron chi connectivity index (χ3n) is 7.38. The van der Waals surface area contributed by atoms with Crippen molar-refractivity contribution >= 4 is 0 Å². The highest BCUT2D eigenvalue weighted by molar-refractivity contribution is 5.20. The molecule has 0 aromatic rings. The summed E-state index contributed by atoms with van der Waals surface area (Å²) < 4.78 is 0. The Balaban J connectivity index is 1.62. The van der Waals surface area contributed by atoms with Crippen molar-refractivity contribution < 1.29 is 10.2 Å². The monoisotopic (exact) mass is 276 g/mol. The highest BCUT2D eigenvalue weighted by Crippen LogP contribution is 2.61. The van der Waals surface area contributed by atoms with Crippen LogP contribution < -0.4 is 0 Å². The van der Waals surface area contributed by atoms with E-state index in [1.54, 1.807) is 5.57 Å². The molecule has 7 atom stereocenters. The Morgan fingerprint density at radius 3 is 2.70 bits per heavy atom. The van der Waals surface area contributed by atoms with E-state index >= 15 is 0 Å². The molecule has 0 spiro atoms. The molecule has 3 saturated carbocycles. The molecule has 2 nitrogen and oxygen atoms in total. The van der Waals surface area contributed by atoms with Crippen molar-refractivity contribution in [2.45, 2.75) is 70.5 Å². The van der Waals surface area contributed by atoms with E-state index < -0.39 is 0 Å². The molecule has 3 fully saturated rings. The number of aliphatic hydroxyl groups is 2. The Labute approximate surface area is 122 Å². The van der Waals surface area contributed by atoms with Crippen molar-refractivity contribution in [3.63, 3.8) is 0 Å².